The number of aromatic amines is 1. The first-order chi connectivity index (χ1) is 6.97. The molecular formula is C10H13N3O2. The van der Waals surface area contributed by atoms with Crippen LogP contribution in [0.2, 0.25) is 0 Å². The second-order valence-corrected chi connectivity index (χ2v) is 3.22. The zero-order valence-electron chi connectivity index (χ0n) is 9.00. The van der Waals surface area contributed by atoms with Gasteiger partial charge in [0.2, 0.25) is 0 Å². The Morgan fingerprint density at radius 1 is 1.53 bits per heavy atom. The van der Waals surface area contributed by atoms with Gasteiger partial charge in [-0.15, -0.1) is 0 Å². The van der Waals surface area contributed by atoms with Crippen LogP contribution in [0.1, 0.15) is 12.5 Å². The molecule has 5 heteroatoms. The van der Waals surface area contributed by atoms with Crippen LogP contribution in [-0.4, -0.2) is 15.3 Å². The van der Waals surface area contributed by atoms with Crippen molar-refractivity contribution in [2.24, 2.45) is 12.0 Å². The molecular weight excluding hydrogens is 194 g/mol. The molecule has 0 aliphatic carbocycles. The van der Waals surface area contributed by atoms with E-state index in [0.717, 1.165) is 0 Å². The molecule has 0 bridgehead atoms. The van der Waals surface area contributed by atoms with Crippen molar-refractivity contribution in [2.75, 3.05) is 0 Å². The van der Waals surface area contributed by atoms with E-state index in [1.165, 1.54) is 4.57 Å². The number of nitrogens with one attached hydrogen (secondary N) is 1. The number of rotatable bonds is 2. The summed E-state index contributed by atoms with van der Waals surface area (Å²) in [6.07, 6.45) is 1.56. The third kappa shape index (κ3) is 2.12. The minimum Gasteiger partial charge on any atom is -0.281 e. The summed E-state index contributed by atoms with van der Waals surface area (Å²) >= 11 is 0. The molecule has 0 spiro atoms. The van der Waals surface area contributed by atoms with Crippen molar-refractivity contribution in [3.8, 4) is 0 Å². The number of nitrogens with zero attached hydrogens (tertiary/aromatic N) is 2. The first kappa shape index (κ1) is 11.2. The van der Waals surface area contributed by atoms with Gasteiger partial charge in [-0.1, -0.05) is 6.58 Å². The van der Waals surface area contributed by atoms with Gasteiger partial charge in [0.1, 0.15) is 5.82 Å². The summed E-state index contributed by atoms with van der Waals surface area (Å²) in [6, 6.07) is 0. The van der Waals surface area contributed by atoms with Gasteiger partial charge < -0.3 is 0 Å². The normalized spacial score (nSPS) is 11.5. The quantitative estimate of drug-likeness (QED) is 0.724. The number of aliphatic imine (C=N–C) groups is 1. The van der Waals surface area contributed by atoms with Crippen molar-refractivity contribution in [3.63, 3.8) is 0 Å². The van der Waals surface area contributed by atoms with Crippen molar-refractivity contribution in [3.05, 3.63) is 39.1 Å². The third-order valence-corrected chi connectivity index (χ3v) is 2.10. The van der Waals surface area contributed by atoms with Crippen molar-refractivity contribution in [1.29, 1.82) is 0 Å². The van der Waals surface area contributed by atoms with E-state index in [1.54, 1.807) is 27.0 Å². The lowest BCUT2D eigenvalue weighted by molar-refractivity contribution is 0.791. The second kappa shape index (κ2) is 4.08. The molecule has 0 aliphatic heterocycles. The predicted octanol–water partition coefficient (Wildman–Crippen LogP) is 0.660. The highest BCUT2D eigenvalue weighted by molar-refractivity contribution is 5.94. The maximum atomic E-state index is 11.3. The average Bonchev–Trinajstić information content (AvgIpc) is 2.21. The van der Waals surface area contributed by atoms with E-state index in [1.807, 2.05) is 0 Å². The second-order valence-electron chi connectivity index (χ2n) is 3.22. The Bertz CT molecular complexity index is 500. The molecule has 0 aliphatic rings. The standard InChI is InChI=1S/C10H13N3O2/c1-5-6(2)11-8-7(3)9(14)12-10(15)13(8)4/h5H,1H2,2-4H3,(H,12,14,15). The molecule has 0 amide bonds. The van der Waals surface area contributed by atoms with Crippen LogP contribution in [0.5, 0.6) is 0 Å². The number of allylic oxidation sites excluding steroid dienone is 1. The summed E-state index contributed by atoms with van der Waals surface area (Å²) in [5.74, 6) is 0.362. The van der Waals surface area contributed by atoms with Crippen LogP contribution < -0.4 is 11.2 Å². The fourth-order valence-corrected chi connectivity index (χ4v) is 1.10. The minimum absolute atomic E-state index is 0.362. The van der Waals surface area contributed by atoms with E-state index in [-0.39, 0.29) is 0 Å². The van der Waals surface area contributed by atoms with Gasteiger partial charge in [-0.25, -0.2) is 9.79 Å². The van der Waals surface area contributed by atoms with Crippen molar-refractivity contribution >= 4 is 11.5 Å². The molecule has 1 aromatic rings. The summed E-state index contributed by atoms with van der Waals surface area (Å²) in [4.78, 5) is 28.9. The Kier molecular flexibility index (Phi) is 3.04. The molecule has 0 aromatic carbocycles. The molecule has 5 nitrogen and oxygen atoms in total. The fraction of sp³-hybridized carbons (Fsp3) is 0.300. The molecule has 0 radical (unpaired) electrons. The summed E-state index contributed by atoms with van der Waals surface area (Å²) < 4.78 is 1.30. The van der Waals surface area contributed by atoms with E-state index in [9.17, 15) is 9.59 Å². The van der Waals surface area contributed by atoms with Gasteiger partial charge in [0, 0.05) is 12.8 Å². The van der Waals surface area contributed by atoms with Gasteiger partial charge in [-0.2, -0.15) is 0 Å². The summed E-state index contributed by atoms with van der Waals surface area (Å²) in [5.41, 5.74) is 0.187. The van der Waals surface area contributed by atoms with Crippen LogP contribution in [0, 0.1) is 6.92 Å². The van der Waals surface area contributed by atoms with Gasteiger partial charge in [-0.05, 0) is 19.9 Å². The van der Waals surface area contributed by atoms with E-state index in [2.05, 4.69) is 16.6 Å². The topological polar surface area (TPSA) is 67.2 Å². The maximum Gasteiger partial charge on any atom is 0.329 e. The zero-order chi connectivity index (χ0) is 11.6. The van der Waals surface area contributed by atoms with Crippen LogP contribution in [0.25, 0.3) is 0 Å². The maximum absolute atomic E-state index is 11.3. The highest BCUT2D eigenvalue weighted by atomic mass is 16.2. The van der Waals surface area contributed by atoms with Crippen LogP contribution in [0.15, 0.2) is 27.2 Å². The SMILES string of the molecule is C=CC(C)=Nc1c(C)c(=O)[nH]c(=O)n1C. The van der Waals surface area contributed by atoms with E-state index >= 15 is 0 Å². The average molecular weight is 207 g/mol. The molecule has 0 saturated heterocycles. The minimum atomic E-state index is -0.471. The van der Waals surface area contributed by atoms with Gasteiger partial charge in [-0.3, -0.25) is 14.3 Å². The largest absolute Gasteiger partial charge is 0.329 e. The Morgan fingerprint density at radius 3 is 2.67 bits per heavy atom. The monoisotopic (exact) mass is 207 g/mol. The molecule has 0 fully saturated rings. The summed E-state index contributed by atoms with van der Waals surface area (Å²) in [5, 5.41) is 0. The number of hydrogen-bond donors (Lipinski definition) is 1. The number of aromatic nitrogens is 2. The molecule has 0 unspecified atom stereocenters. The van der Waals surface area contributed by atoms with E-state index < -0.39 is 11.2 Å². The zero-order valence-corrected chi connectivity index (χ0v) is 9.00. The first-order valence-corrected chi connectivity index (χ1v) is 4.45. The van der Waals surface area contributed by atoms with E-state index in [4.69, 9.17) is 0 Å². The molecule has 80 valence electrons. The predicted molar refractivity (Wildman–Crippen MR) is 60.0 cm³/mol. The summed E-state index contributed by atoms with van der Waals surface area (Å²) in [6.45, 7) is 6.92. The Labute approximate surface area is 86.8 Å². The molecule has 1 N–H and O–H groups in total. The van der Waals surface area contributed by atoms with Crippen molar-refractivity contribution < 1.29 is 0 Å². The first-order valence-electron chi connectivity index (χ1n) is 4.45. The molecule has 1 heterocycles. The van der Waals surface area contributed by atoms with Crippen LogP contribution in [0.3, 0.4) is 0 Å². The van der Waals surface area contributed by atoms with Gasteiger partial charge >= 0.3 is 5.69 Å². The smallest absolute Gasteiger partial charge is 0.281 e. The van der Waals surface area contributed by atoms with Gasteiger partial charge in [0.25, 0.3) is 5.56 Å². The van der Waals surface area contributed by atoms with Crippen molar-refractivity contribution in [2.45, 2.75) is 13.8 Å². The summed E-state index contributed by atoms with van der Waals surface area (Å²) in [7, 11) is 1.56. The van der Waals surface area contributed by atoms with E-state index in [0.29, 0.717) is 17.1 Å². The lowest BCUT2D eigenvalue weighted by Crippen LogP contribution is -2.29. The highest BCUT2D eigenvalue weighted by Crippen LogP contribution is 2.11. The third-order valence-electron chi connectivity index (χ3n) is 2.10. The van der Waals surface area contributed by atoms with Crippen LogP contribution in [0.4, 0.5) is 5.82 Å². The lowest BCUT2D eigenvalue weighted by atomic mass is 10.3. The van der Waals surface area contributed by atoms with Gasteiger partial charge in [0.05, 0.1) is 5.56 Å². The Morgan fingerprint density at radius 2 is 2.13 bits per heavy atom. The van der Waals surface area contributed by atoms with Crippen LogP contribution >= 0.6 is 0 Å². The molecule has 1 aromatic heterocycles. The molecule has 15 heavy (non-hydrogen) atoms. The van der Waals surface area contributed by atoms with Crippen LogP contribution in [-0.2, 0) is 7.05 Å². The Hall–Kier alpha value is -1.91. The molecule has 0 saturated carbocycles. The number of H-pyrrole nitrogens is 1. The number of hydrogen-bond acceptors (Lipinski definition) is 3. The van der Waals surface area contributed by atoms with Crippen molar-refractivity contribution in [1.82, 2.24) is 9.55 Å². The molecule has 0 atom stereocenters. The highest BCUT2D eigenvalue weighted by Gasteiger charge is 2.07. The Balaban J connectivity index is 3.61. The fourth-order valence-electron chi connectivity index (χ4n) is 1.10. The lowest BCUT2D eigenvalue weighted by Gasteiger charge is -2.05. The molecule has 1 rings (SSSR count). The van der Waals surface area contributed by atoms with Gasteiger partial charge in [0.15, 0.2) is 0 Å².